The lowest BCUT2D eigenvalue weighted by molar-refractivity contribution is -0.129. The van der Waals surface area contributed by atoms with Gasteiger partial charge in [0.05, 0.1) is 10.6 Å². The van der Waals surface area contributed by atoms with Crippen LogP contribution in [0.4, 0.5) is 5.69 Å². The molecule has 0 aromatic heterocycles. The number of nitrogen functional groups attached to an aromatic ring is 1. The van der Waals surface area contributed by atoms with Crippen LogP contribution in [-0.2, 0) is 14.6 Å². The monoisotopic (exact) mass is 296 g/mol. The molecule has 1 fully saturated rings. The zero-order valence-electron chi connectivity index (χ0n) is 11.8. The number of amides is 1. The molecule has 0 saturated carbocycles. The lowest BCUT2D eigenvalue weighted by Gasteiger charge is -2.21. The standard InChI is InChI=1S/C14H20N2O3S/c1-10-6-5-7-12(13(10)15)20(18,19)11(2)14(17)16-8-3-4-9-16/h5-7,11H,3-4,8-9,15H2,1-2H3. The molecule has 1 aliphatic rings. The summed E-state index contributed by atoms with van der Waals surface area (Å²) < 4.78 is 25.2. The van der Waals surface area contributed by atoms with E-state index in [0.29, 0.717) is 18.7 Å². The van der Waals surface area contributed by atoms with Gasteiger partial charge in [0.2, 0.25) is 5.91 Å². The highest BCUT2D eigenvalue weighted by molar-refractivity contribution is 7.93. The summed E-state index contributed by atoms with van der Waals surface area (Å²) in [6.45, 7) is 4.48. The van der Waals surface area contributed by atoms with Crippen molar-refractivity contribution >= 4 is 21.4 Å². The number of anilines is 1. The molecule has 1 aromatic rings. The first kappa shape index (κ1) is 14.8. The molecule has 20 heavy (non-hydrogen) atoms. The Morgan fingerprint density at radius 2 is 1.90 bits per heavy atom. The van der Waals surface area contributed by atoms with Gasteiger partial charge < -0.3 is 10.6 Å². The molecule has 2 N–H and O–H groups in total. The predicted octanol–water partition coefficient (Wildman–Crippen LogP) is 1.36. The normalized spacial score (nSPS) is 17.2. The number of hydrogen-bond acceptors (Lipinski definition) is 4. The minimum Gasteiger partial charge on any atom is -0.397 e. The zero-order chi connectivity index (χ0) is 14.9. The van der Waals surface area contributed by atoms with Gasteiger partial charge in [0.1, 0.15) is 5.25 Å². The Labute approximate surface area is 119 Å². The van der Waals surface area contributed by atoms with Gasteiger partial charge in [-0.05, 0) is 38.3 Å². The Bertz CT molecular complexity index is 619. The molecule has 0 radical (unpaired) electrons. The molecular formula is C14H20N2O3S. The number of nitrogens with two attached hydrogens (primary N) is 1. The maximum absolute atomic E-state index is 12.6. The molecule has 0 spiro atoms. The smallest absolute Gasteiger partial charge is 0.241 e. The van der Waals surface area contributed by atoms with Gasteiger partial charge in [-0.3, -0.25) is 4.79 Å². The Kier molecular flexibility index (Phi) is 4.04. The molecule has 1 unspecified atom stereocenters. The summed E-state index contributed by atoms with van der Waals surface area (Å²) in [7, 11) is -3.75. The molecule has 1 heterocycles. The molecule has 110 valence electrons. The van der Waals surface area contributed by atoms with Crippen LogP contribution < -0.4 is 5.73 Å². The number of sulfone groups is 1. The van der Waals surface area contributed by atoms with Crippen molar-refractivity contribution < 1.29 is 13.2 Å². The minimum atomic E-state index is -3.75. The largest absolute Gasteiger partial charge is 0.397 e. The molecule has 1 aromatic carbocycles. The van der Waals surface area contributed by atoms with Gasteiger partial charge in [-0.25, -0.2) is 8.42 Å². The highest BCUT2D eigenvalue weighted by Gasteiger charge is 2.35. The topological polar surface area (TPSA) is 80.5 Å². The highest BCUT2D eigenvalue weighted by Crippen LogP contribution is 2.26. The van der Waals surface area contributed by atoms with Crippen LogP contribution in [0.2, 0.25) is 0 Å². The van der Waals surface area contributed by atoms with Crippen LogP contribution in [0.5, 0.6) is 0 Å². The fraction of sp³-hybridized carbons (Fsp3) is 0.500. The van der Waals surface area contributed by atoms with E-state index in [1.54, 1.807) is 24.0 Å². The van der Waals surface area contributed by atoms with Crippen molar-refractivity contribution in [1.29, 1.82) is 0 Å². The van der Waals surface area contributed by atoms with Crippen molar-refractivity contribution in [3.63, 3.8) is 0 Å². The Hall–Kier alpha value is -1.56. The van der Waals surface area contributed by atoms with Gasteiger partial charge in [0, 0.05) is 13.1 Å². The van der Waals surface area contributed by atoms with Crippen LogP contribution in [0, 0.1) is 6.92 Å². The molecule has 1 saturated heterocycles. The lowest BCUT2D eigenvalue weighted by Crippen LogP contribution is -2.40. The molecule has 0 aliphatic carbocycles. The molecule has 2 rings (SSSR count). The second-order valence-electron chi connectivity index (χ2n) is 5.21. The van der Waals surface area contributed by atoms with Crippen LogP contribution in [0.1, 0.15) is 25.3 Å². The number of rotatable bonds is 3. The number of aryl methyl sites for hydroxylation is 1. The maximum atomic E-state index is 12.6. The average molecular weight is 296 g/mol. The molecule has 1 atom stereocenters. The van der Waals surface area contributed by atoms with E-state index in [2.05, 4.69) is 0 Å². The van der Waals surface area contributed by atoms with E-state index in [4.69, 9.17) is 5.73 Å². The first-order valence-corrected chi connectivity index (χ1v) is 8.28. The van der Waals surface area contributed by atoms with Gasteiger partial charge in [0.25, 0.3) is 0 Å². The van der Waals surface area contributed by atoms with Crippen molar-refractivity contribution in [2.75, 3.05) is 18.8 Å². The van der Waals surface area contributed by atoms with Crippen LogP contribution in [0.15, 0.2) is 23.1 Å². The van der Waals surface area contributed by atoms with Crippen LogP contribution in [0.25, 0.3) is 0 Å². The van der Waals surface area contributed by atoms with Crippen molar-refractivity contribution in [2.24, 2.45) is 0 Å². The third-order valence-corrected chi connectivity index (χ3v) is 5.92. The molecular weight excluding hydrogens is 276 g/mol. The van der Waals surface area contributed by atoms with Crippen molar-refractivity contribution in [2.45, 2.75) is 36.8 Å². The quantitative estimate of drug-likeness (QED) is 0.854. The first-order valence-electron chi connectivity index (χ1n) is 6.73. The maximum Gasteiger partial charge on any atom is 0.241 e. The average Bonchev–Trinajstić information content (AvgIpc) is 2.94. The van der Waals surface area contributed by atoms with Crippen LogP contribution >= 0.6 is 0 Å². The first-order chi connectivity index (χ1) is 9.35. The summed E-state index contributed by atoms with van der Waals surface area (Å²) in [5.41, 5.74) is 6.79. The molecule has 5 nitrogen and oxygen atoms in total. The summed E-state index contributed by atoms with van der Waals surface area (Å²) in [5.74, 6) is -0.330. The van der Waals surface area contributed by atoms with E-state index in [1.807, 2.05) is 0 Å². The van der Waals surface area contributed by atoms with E-state index >= 15 is 0 Å². The number of carbonyl (C=O) groups is 1. The van der Waals surface area contributed by atoms with Crippen molar-refractivity contribution in [3.8, 4) is 0 Å². The van der Waals surface area contributed by atoms with Gasteiger partial charge in [-0.1, -0.05) is 12.1 Å². The van der Waals surface area contributed by atoms with Gasteiger partial charge in [-0.15, -0.1) is 0 Å². The van der Waals surface area contributed by atoms with Crippen LogP contribution in [-0.4, -0.2) is 37.6 Å². The van der Waals surface area contributed by atoms with E-state index in [-0.39, 0.29) is 16.5 Å². The van der Waals surface area contributed by atoms with Crippen LogP contribution in [0.3, 0.4) is 0 Å². The van der Waals surface area contributed by atoms with E-state index < -0.39 is 15.1 Å². The Balaban J connectivity index is 2.34. The third-order valence-electron chi connectivity index (χ3n) is 3.82. The van der Waals surface area contributed by atoms with Crippen molar-refractivity contribution in [1.82, 2.24) is 4.90 Å². The second-order valence-corrected chi connectivity index (χ2v) is 7.44. The molecule has 1 aliphatic heterocycles. The Morgan fingerprint density at radius 1 is 1.30 bits per heavy atom. The molecule has 6 heteroatoms. The number of benzene rings is 1. The summed E-state index contributed by atoms with van der Waals surface area (Å²) in [6, 6.07) is 4.86. The SMILES string of the molecule is Cc1cccc(S(=O)(=O)C(C)C(=O)N2CCCC2)c1N. The number of likely N-dealkylation sites (tertiary alicyclic amines) is 1. The second kappa shape index (κ2) is 5.44. The van der Waals surface area contributed by atoms with Gasteiger partial charge >= 0.3 is 0 Å². The number of carbonyl (C=O) groups excluding carboxylic acids is 1. The molecule has 1 amide bonds. The summed E-state index contributed by atoms with van der Waals surface area (Å²) in [4.78, 5) is 13.9. The van der Waals surface area contributed by atoms with Gasteiger partial charge in [0.15, 0.2) is 9.84 Å². The third kappa shape index (κ3) is 2.52. The number of hydrogen-bond donors (Lipinski definition) is 1. The van der Waals surface area contributed by atoms with E-state index in [1.165, 1.54) is 13.0 Å². The van der Waals surface area contributed by atoms with E-state index in [0.717, 1.165) is 12.8 Å². The van der Waals surface area contributed by atoms with Gasteiger partial charge in [-0.2, -0.15) is 0 Å². The number of nitrogens with zero attached hydrogens (tertiary/aromatic N) is 1. The Morgan fingerprint density at radius 3 is 2.50 bits per heavy atom. The highest BCUT2D eigenvalue weighted by atomic mass is 32.2. The molecule has 0 bridgehead atoms. The minimum absolute atomic E-state index is 0.0533. The fourth-order valence-electron chi connectivity index (χ4n) is 2.42. The fourth-order valence-corrected chi connectivity index (χ4v) is 3.95. The van der Waals surface area contributed by atoms with E-state index in [9.17, 15) is 13.2 Å². The van der Waals surface area contributed by atoms with Crippen molar-refractivity contribution in [3.05, 3.63) is 23.8 Å². The summed E-state index contributed by atoms with van der Waals surface area (Å²) >= 11 is 0. The summed E-state index contributed by atoms with van der Waals surface area (Å²) in [6.07, 6.45) is 1.87. The lowest BCUT2D eigenvalue weighted by atomic mass is 10.2. The number of para-hydroxylation sites is 1. The zero-order valence-corrected chi connectivity index (χ0v) is 12.6. The summed E-state index contributed by atoms with van der Waals surface area (Å²) in [5, 5.41) is -1.09. The predicted molar refractivity (Wildman–Crippen MR) is 78.1 cm³/mol.